The van der Waals surface area contributed by atoms with Crippen molar-refractivity contribution < 1.29 is 4.79 Å². The van der Waals surface area contributed by atoms with E-state index in [4.69, 9.17) is 16.9 Å². The number of amides is 1. The Bertz CT molecular complexity index is 450. The lowest BCUT2D eigenvalue weighted by molar-refractivity contribution is -0.116. The molecule has 2 rings (SSSR count). The number of fused-ring (bicyclic) bond motifs is 1. The molecule has 0 atom stereocenters. The fourth-order valence-corrected chi connectivity index (χ4v) is 2.01. The van der Waals surface area contributed by atoms with Gasteiger partial charge >= 0.3 is 0 Å². The quantitative estimate of drug-likeness (QED) is 0.676. The minimum absolute atomic E-state index is 0.0176. The number of hydrogen-bond acceptors (Lipinski definition) is 2. The predicted molar refractivity (Wildman–Crippen MR) is 57.9 cm³/mol. The maximum atomic E-state index is 11.5. The van der Waals surface area contributed by atoms with Gasteiger partial charge in [0.25, 0.3) is 0 Å². The van der Waals surface area contributed by atoms with E-state index in [1.165, 1.54) is 0 Å². The van der Waals surface area contributed by atoms with Crippen LogP contribution in [0.15, 0.2) is 18.2 Å². The molecule has 0 fully saturated rings. The van der Waals surface area contributed by atoms with Crippen LogP contribution < -0.4 is 4.90 Å². The Morgan fingerprint density at radius 2 is 2.40 bits per heavy atom. The summed E-state index contributed by atoms with van der Waals surface area (Å²) in [6, 6.07) is 7.55. The SMILES string of the molecule is N#Cc1cccc2c1CCN2C(=O)CCl. The summed E-state index contributed by atoms with van der Waals surface area (Å²) in [6.07, 6.45) is 0.738. The van der Waals surface area contributed by atoms with Crippen molar-refractivity contribution >= 4 is 23.2 Å². The zero-order chi connectivity index (χ0) is 10.8. The highest BCUT2D eigenvalue weighted by molar-refractivity contribution is 6.29. The van der Waals surface area contributed by atoms with Gasteiger partial charge in [-0.2, -0.15) is 5.26 Å². The highest BCUT2D eigenvalue weighted by Gasteiger charge is 2.25. The lowest BCUT2D eigenvalue weighted by Gasteiger charge is -2.15. The molecule has 0 saturated carbocycles. The van der Waals surface area contributed by atoms with Crippen LogP contribution in [0.5, 0.6) is 0 Å². The lowest BCUT2D eigenvalue weighted by atomic mass is 10.1. The zero-order valence-electron chi connectivity index (χ0n) is 8.03. The summed E-state index contributed by atoms with van der Waals surface area (Å²) in [7, 11) is 0. The molecule has 0 unspecified atom stereocenters. The zero-order valence-corrected chi connectivity index (χ0v) is 8.79. The maximum absolute atomic E-state index is 11.5. The Hall–Kier alpha value is -1.53. The molecule has 1 aromatic carbocycles. The molecule has 1 aliphatic rings. The maximum Gasteiger partial charge on any atom is 0.241 e. The minimum atomic E-state index is -0.106. The lowest BCUT2D eigenvalue weighted by Crippen LogP contribution is -2.29. The Balaban J connectivity index is 2.45. The van der Waals surface area contributed by atoms with Crippen molar-refractivity contribution in [1.29, 1.82) is 5.26 Å². The van der Waals surface area contributed by atoms with E-state index in [0.29, 0.717) is 12.1 Å². The molecule has 0 bridgehead atoms. The summed E-state index contributed by atoms with van der Waals surface area (Å²) in [6.45, 7) is 0.625. The van der Waals surface area contributed by atoms with Crippen molar-refractivity contribution in [2.45, 2.75) is 6.42 Å². The van der Waals surface area contributed by atoms with Gasteiger partial charge in [-0.15, -0.1) is 11.6 Å². The highest BCUT2D eigenvalue weighted by Crippen LogP contribution is 2.30. The smallest absolute Gasteiger partial charge is 0.241 e. The summed E-state index contributed by atoms with van der Waals surface area (Å²) in [5.41, 5.74) is 2.44. The Morgan fingerprint density at radius 1 is 1.60 bits per heavy atom. The standard InChI is InChI=1S/C11H9ClN2O/c12-6-11(15)14-5-4-9-8(7-13)2-1-3-10(9)14/h1-3H,4-6H2. The number of rotatable bonds is 1. The van der Waals surface area contributed by atoms with Crippen LogP contribution in [0, 0.1) is 11.3 Å². The Kier molecular flexibility index (Phi) is 2.61. The van der Waals surface area contributed by atoms with Gasteiger partial charge in [0.05, 0.1) is 11.6 Å². The van der Waals surface area contributed by atoms with Gasteiger partial charge in [0.15, 0.2) is 0 Å². The second-order valence-corrected chi connectivity index (χ2v) is 3.61. The van der Waals surface area contributed by atoms with Crippen LogP contribution >= 0.6 is 11.6 Å². The van der Waals surface area contributed by atoms with Gasteiger partial charge in [-0.1, -0.05) is 6.07 Å². The largest absolute Gasteiger partial charge is 0.311 e. The van der Waals surface area contributed by atoms with Crippen LogP contribution in [0.2, 0.25) is 0 Å². The number of nitrogens with zero attached hydrogens (tertiary/aromatic N) is 2. The first kappa shape index (κ1) is 10.0. The van der Waals surface area contributed by atoms with Gasteiger partial charge < -0.3 is 4.90 Å². The number of halogens is 1. The molecule has 76 valence electrons. The Labute approximate surface area is 92.9 Å². The molecule has 1 aromatic rings. The van der Waals surface area contributed by atoms with E-state index in [2.05, 4.69) is 6.07 Å². The molecule has 3 nitrogen and oxygen atoms in total. The number of benzene rings is 1. The first-order valence-electron chi connectivity index (χ1n) is 4.66. The molecule has 4 heteroatoms. The monoisotopic (exact) mass is 220 g/mol. The summed E-state index contributed by atoms with van der Waals surface area (Å²) < 4.78 is 0. The average Bonchev–Trinajstić information content (AvgIpc) is 2.71. The van der Waals surface area contributed by atoms with Gasteiger partial charge in [0.2, 0.25) is 5.91 Å². The second kappa shape index (κ2) is 3.92. The third-order valence-corrected chi connectivity index (χ3v) is 2.79. The van der Waals surface area contributed by atoms with Gasteiger partial charge in [-0.05, 0) is 24.1 Å². The van der Waals surface area contributed by atoms with Crippen molar-refractivity contribution in [3.8, 4) is 6.07 Å². The first-order valence-corrected chi connectivity index (χ1v) is 5.19. The molecule has 1 amide bonds. The van der Waals surface area contributed by atoms with Gasteiger partial charge in [0.1, 0.15) is 5.88 Å². The van der Waals surface area contributed by atoms with Crippen LogP contribution in [0.1, 0.15) is 11.1 Å². The van der Waals surface area contributed by atoms with Crippen molar-refractivity contribution in [2.24, 2.45) is 0 Å². The van der Waals surface area contributed by atoms with Crippen LogP contribution in [0.25, 0.3) is 0 Å². The molecule has 1 heterocycles. The van der Waals surface area contributed by atoms with Crippen molar-refractivity contribution in [2.75, 3.05) is 17.3 Å². The first-order chi connectivity index (χ1) is 7.27. The summed E-state index contributed by atoms with van der Waals surface area (Å²) >= 11 is 5.52. The number of nitriles is 1. The van der Waals surface area contributed by atoms with Gasteiger partial charge in [-0.3, -0.25) is 4.79 Å². The van der Waals surface area contributed by atoms with E-state index >= 15 is 0 Å². The molecule has 0 aromatic heterocycles. The molecule has 0 spiro atoms. The van der Waals surface area contributed by atoms with E-state index in [-0.39, 0.29) is 11.8 Å². The molecule has 0 N–H and O–H groups in total. The number of carbonyl (C=O) groups is 1. The Morgan fingerprint density at radius 3 is 3.07 bits per heavy atom. The highest BCUT2D eigenvalue weighted by atomic mass is 35.5. The number of anilines is 1. The normalized spacial score (nSPS) is 13.5. The number of hydrogen-bond donors (Lipinski definition) is 0. The number of carbonyl (C=O) groups excluding carboxylic acids is 1. The molecular weight excluding hydrogens is 212 g/mol. The van der Waals surface area contributed by atoms with E-state index in [0.717, 1.165) is 17.7 Å². The summed E-state index contributed by atoms with van der Waals surface area (Å²) in [5.74, 6) is -0.124. The molecule has 1 aliphatic heterocycles. The molecule has 0 radical (unpaired) electrons. The van der Waals surface area contributed by atoms with E-state index in [1.54, 1.807) is 17.0 Å². The summed E-state index contributed by atoms with van der Waals surface area (Å²) in [5, 5.41) is 8.90. The third kappa shape index (κ3) is 1.57. The molecule has 0 aliphatic carbocycles. The van der Waals surface area contributed by atoms with E-state index in [1.807, 2.05) is 6.07 Å². The van der Waals surface area contributed by atoms with Crippen molar-refractivity contribution in [3.05, 3.63) is 29.3 Å². The number of alkyl halides is 1. The van der Waals surface area contributed by atoms with Crippen LogP contribution in [-0.4, -0.2) is 18.3 Å². The fourth-order valence-electron chi connectivity index (χ4n) is 1.87. The van der Waals surface area contributed by atoms with Crippen molar-refractivity contribution in [3.63, 3.8) is 0 Å². The summed E-state index contributed by atoms with van der Waals surface area (Å²) in [4.78, 5) is 13.1. The topological polar surface area (TPSA) is 44.1 Å². The van der Waals surface area contributed by atoms with E-state index in [9.17, 15) is 4.79 Å². The molecule has 0 saturated heterocycles. The van der Waals surface area contributed by atoms with Crippen LogP contribution in [0.3, 0.4) is 0 Å². The molecule has 15 heavy (non-hydrogen) atoms. The minimum Gasteiger partial charge on any atom is -0.311 e. The van der Waals surface area contributed by atoms with Crippen LogP contribution in [-0.2, 0) is 11.2 Å². The average molecular weight is 221 g/mol. The second-order valence-electron chi connectivity index (χ2n) is 3.34. The fraction of sp³-hybridized carbons (Fsp3) is 0.273. The van der Waals surface area contributed by atoms with Crippen molar-refractivity contribution in [1.82, 2.24) is 0 Å². The molecular formula is C11H9ClN2O. The third-order valence-electron chi connectivity index (χ3n) is 2.56. The van der Waals surface area contributed by atoms with Gasteiger partial charge in [0, 0.05) is 12.2 Å². The predicted octanol–water partition coefficient (Wildman–Crippen LogP) is 1.69. The van der Waals surface area contributed by atoms with Crippen LogP contribution in [0.4, 0.5) is 5.69 Å². The van der Waals surface area contributed by atoms with Gasteiger partial charge in [-0.25, -0.2) is 0 Å². The van der Waals surface area contributed by atoms with E-state index < -0.39 is 0 Å².